The van der Waals surface area contributed by atoms with Gasteiger partial charge in [0.05, 0.1) is 23.0 Å². The minimum atomic E-state index is -0.237. The molecule has 0 bridgehead atoms. The van der Waals surface area contributed by atoms with E-state index in [-0.39, 0.29) is 5.91 Å². The van der Waals surface area contributed by atoms with Crippen LogP contribution in [-0.4, -0.2) is 20.7 Å². The Balaban J connectivity index is 1.64. The third-order valence-corrected chi connectivity index (χ3v) is 4.89. The van der Waals surface area contributed by atoms with Crippen molar-refractivity contribution < 1.29 is 4.79 Å². The number of anilines is 1. The highest BCUT2D eigenvalue weighted by Gasteiger charge is 2.16. The molecule has 27 heavy (non-hydrogen) atoms. The number of hydrogen-bond acceptors (Lipinski definition) is 3. The van der Waals surface area contributed by atoms with E-state index >= 15 is 0 Å². The third-order valence-electron chi connectivity index (χ3n) is 4.48. The second kappa shape index (κ2) is 6.85. The van der Waals surface area contributed by atoms with Gasteiger partial charge >= 0.3 is 0 Å². The number of carbonyl (C=O) groups excluding carboxylic acids is 1. The molecule has 0 atom stereocenters. The number of halogens is 1. The number of benzene rings is 2. The molecule has 2 aromatic heterocycles. The summed E-state index contributed by atoms with van der Waals surface area (Å²) in [7, 11) is 0. The lowest BCUT2D eigenvalue weighted by atomic mass is 10.2. The first-order valence-electron chi connectivity index (χ1n) is 8.51. The summed E-state index contributed by atoms with van der Waals surface area (Å²) in [4.78, 5) is 17.3. The number of aryl methyl sites for hydroxylation is 1. The SMILES string of the molecule is Cc1ccc(NC(=O)c2cnn(-c3ccc4ccccc4n3)c2C)cc1Cl. The summed E-state index contributed by atoms with van der Waals surface area (Å²) in [6, 6.07) is 17.2. The summed E-state index contributed by atoms with van der Waals surface area (Å²) in [5, 5.41) is 8.89. The predicted octanol–water partition coefficient (Wildman–Crippen LogP) is 4.94. The molecular weight excluding hydrogens is 360 g/mol. The van der Waals surface area contributed by atoms with E-state index in [9.17, 15) is 4.79 Å². The molecule has 0 saturated carbocycles. The van der Waals surface area contributed by atoms with Crippen molar-refractivity contribution in [3.05, 3.63) is 82.6 Å². The Morgan fingerprint density at radius 1 is 1.07 bits per heavy atom. The van der Waals surface area contributed by atoms with Gasteiger partial charge in [0.2, 0.25) is 0 Å². The van der Waals surface area contributed by atoms with Crippen LogP contribution in [0.2, 0.25) is 5.02 Å². The lowest BCUT2D eigenvalue weighted by Gasteiger charge is -2.08. The summed E-state index contributed by atoms with van der Waals surface area (Å²) < 4.78 is 1.67. The van der Waals surface area contributed by atoms with Gasteiger partial charge < -0.3 is 5.32 Å². The van der Waals surface area contributed by atoms with Crippen LogP contribution in [-0.2, 0) is 0 Å². The summed E-state index contributed by atoms with van der Waals surface area (Å²) in [6.07, 6.45) is 1.55. The number of nitrogens with one attached hydrogen (secondary N) is 1. The van der Waals surface area contributed by atoms with E-state index in [1.54, 1.807) is 16.9 Å². The van der Waals surface area contributed by atoms with Crippen molar-refractivity contribution in [3.63, 3.8) is 0 Å². The van der Waals surface area contributed by atoms with Gasteiger partial charge in [-0.25, -0.2) is 9.67 Å². The number of carbonyl (C=O) groups is 1. The maximum absolute atomic E-state index is 12.7. The quantitative estimate of drug-likeness (QED) is 0.550. The van der Waals surface area contributed by atoms with Crippen molar-refractivity contribution in [3.8, 4) is 5.82 Å². The molecule has 0 radical (unpaired) electrons. The van der Waals surface area contributed by atoms with Gasteiger partial charge in [-0.05, 0) is 49.7 Å². The van der Waals surface area contributed by atoms with Gasteiger partial charge in [-0.15, -0.1) is 0 Å². The van der Waals surface area contributed by atoms with Crippen LogP contribution in [0.4, 0.5) is 5.69 Å². The van der Waals surface area contributed by atoms with Crippen molar-refractivity contribution in [2.24, 2.45) is 0 Å². The number of nitrogens with zero attached hydrogens (tertiary/aromatic N) is 3. The van der Waals surface area contributed by atoms with Crippen LogP contribution >= 0.6 is 11.6 Å². The molecular formula is C21H17ClN4O. The first-order valence-corrected chi connectivity index (χ1v) is 8.89. The van der Waals surface area contributed by atoms with Gasteiger partial charge in [-0.2, -0.15) is 5.10 Å². The van der Waals surface area contributed by atoms with Crippen LogP contribution in [0.3, 0.4) is 0 Å². The number of amides is 1. The van der Waals surface area contributed by atoms with Gasteiger partial charge in [0.1, 0.15) is 0 Å². The molecule has 0 unspecified atom stereocenters. The highest BCUT2D eigenvalue weighted by molar-refractivity contribution is 6.31. The molecule has 0 aliphatic heterocycles. The fourth-order valence-electron chi connectivity index (χ4n) is 2.91. The maximum atomic E-state index is 12.7. The Morgan fingerprint density at radius 2 is 1.89 bits per heavy atom. The van der Waals surface area contributed by atoms with Gasteiger partial charge in [0.15, 0.2) is 5.82 Å². The topological polar surface area (TPSA) is 59.8 Å². The van der Waals surface area contributed by atoms with Crippen LogP contribution < -0.4 is 5.32 Å². The van der Waals surface area contributed by atoms with Gasteiger partial charge in [-0.1, -0.05) is 35.9 Å². The first-order chi connectivity index (χ1) is 13.0. The van der Waals surface area contributed by atoms with Crippen LogP contribution in [0.25, 0.3) is 16.7 Å². The van der Waals surface area contributed by atoms with E-state index in [2.05, 4.69) is 15.4 Å². The molecule has 0 aliphatic carbocycles. The first kappa shape index (κ1) is 17.2. The van der Waals surface area contributed by atoms with Crippen LogP contribution in [0, 0.1) is 13.8 Å². The molecule has 0 aliphatic rings. The normalized spacial score (nSPS) is 10.9. The lowest BCUT2D eigenvalue weighted by molar-refractivity contribution is 0.102. The van der Waals surface area contributed by atoms with Crippen LogP contribution in [0.1, 0.15) is 21.6 Å². The van der Waals surface area contributed by atoms with Crippen molar-refractivity contribution in [1.29, 1.82) is 0 Å². The summed E-state index contributed by atoms with van der Waals surface area (Å²) in [5.41, 5.74) is 3.69. The van der Waals surface area contributed by atoms with Gasteiger partial charge in [0, 0.05) is 16.1 Å². The molecule has 5 nitrogen and oxygen atoms in total. The third kappa shape index (κ3) is 3.29. The van der Waals surface area contributed by atoms with Gasteiger partial charge in [0.25, 0.3) is 5.91 Å². The minimum absolute atomic E-state index is 0.237. The molecule has 2 heterocycles. The Morgan fingerprint density at radius 3 is 2.70 bits per heavy atom. The molecule has 6 heteroatoms. The molecule has 1 amide bonds. The van der Waals surface area contributed by atoms with E-state index in [0.717, 1.165) is 16.5 Å². The maximum Gasteiger partial charge on any atom is 0.259 e. The number of hydrogen-bond donors (Lipinski definition) is 1. The Kier molecular flexibility index (Phi) is 4.38. The smallest absolute Gasteiger partial charge is 0.259 e. The molecule has 0 spiro atoms. The zero-order valence-electron chi connectivity index (χ0n) is 14.9. The number of rotatable bonds is 3. The molecule has 4 aromatic rings. The fraction of sp³-hybridized carbons (Fsp3) is 0.0952. The van der Waals surface area contributed by atoms with Crippen molar-refractivity contribution in [1.82, 2.24) is 14.8 Å². The largest absolute Gasteiger partial charge is 0.322 e. The second-order valence-corrected chi connectivity index (χ2v) is 6.74. The van der Waals surface area contributed by atoms with Crippen molar-refractivity contribution in [2.45, 2.75) is 13.8 Å². The van der Waals surface area contributed by atoms with Crippen LogP contribution in [0.15, 0.2) is 60.8 Å². The number of pyridine rings is 1. The zero-order chi connectivity index (χ0) is 19.0. The highest BCUT2D eigenvalue weighted by Crippen LogP contribution is 2.22. The van der Waals surface area contributed by atoms with Crippen molar-refractivity contribution >= 4 is 34.1 Å². The fourth-order valence-corrected chi connectivity index (χ4v) is 3.09. The monoisotopic (exact) mass is 376 g/mol. The molecule has 1 N–H and O–H groups in total. The average molecular weight is 377 g/mol. The van der Waals surface area contributed by atoms with Crippen molar-refractivity contribution in [2.75, 3.05) is 5.32 Å². The predicted molar refractivity (Wildman–Crippen MR) is 108 cm³/mol. The molecule has 0 fully saturated rings. The summed E-state index contributed by atoms with van der Waals surface area (Å²) >= 11 is 6.13. The van der Waals surface area contributed by atoms with E-state index < -0.39 is 0 Å². The number of fused-ring (bicyclic) bond motifs is 1. The number of aromatic nitrogens is 3. The zero-order valence-corrected chi connectivity index (χ0v) is 15.7. The standard InChI is InChI=1S/C21H17ClN4O/c1-13-7-9-16(11-18(13)22)24-21(27)17-12-23-26(14(17)2)20-10-8-15-5-3-4-6-19(15)25-20/h3-12H,1-2H3,(H,24,27). The van der Waals surface area contributed by atoms with E-state index in [0.29, 0.717) is 27.8 Å². The second-order valence-electron chi connectivity index (χ2n) is 6.34. The van der Waals surface area contributed by atoms with Crippen LogP contribution in [0.5, 0.6) is 0 Å². The summed E-state index contributed by atoms with van der Waals surface area (Å²) in [6.45, 7) is 3.76. The van der Waals surface area contributed by atoms with E-state index in [4.69, 9.17) is 11.6 Å². The molecule has 4 rings (SSSR count). The minimum Gasteiger partial charge on any atom is -0.322 e. The Bertz CT molecular complexity index is 1170. The summed E-state index contributed by atoms with van der Waals surface area (Å²) in [5.74, 6) is 0.433. The Labute approximate surface area is 161 Å². The molecule has 134 valence electrons. The highest BCUT2D eigenvalue weighted by atomic mass is 35.5. The van der Waals surface area contributed by atoms with E-state index in [1.807, 2.05) is 62.4 Å². The van der Waals surface area contributed by atoms with E-state index in [1.165, 1.54) is 0 Å². The lowest BCUT2D eigenvalue weighted by Crippen LogP contribution is -2.13. The average Bonchev–Trinajstić information content (AvgIpc) is 3.06. The van der Waals surface area contributed by atoms with Gasteiger partial charge in [-0.3, -0.25) is 4.79 Å². The number of para-hydroxylation sites is 1. The Hall–Kier alpha value is -3.18. The molecule has 2 aromatic carbocycles. The molecule has 0 saturated heterocycles.